The molecule has 1 N–H and O–H groups in total. The molecule has 1 amide bonds. The average Bonchev–Trinajstić information content (AvgIpc) is 3.71. The monoisotopic (exact) mass is 500 g/mol. The number of nitrogens with zero attached hydrogens (tertiary/aromatic N) is 5. The summed E-state index contributed by atoms with van der Waals surface area (Å²) in [7, 11) is 0. The normalized spacial score (nSPS) is 16.5. The Morgan fingerprint density at radius 1 is 1.08 bits per heavy atom. The summed E-state index contributed by atoms with van der Waals surface area (Å²) < 4.78 is 12.6. The van der Waals surface area contributed by atoms with Crippen LogP contribution in [0.5, 0.6) is 0 Å². The van der Waals surface area contributed by atoms with E-state index in [9.17, 15) is 14.9 Å². The minimum atomic E-state index is -0.690. The third kappa shape index (κ3) is 5.72. The maximum absolute atomic E-state index is 12.6. The Morgan fingerprint density at radius 2 is 1.84 bits per heavy atom. The van der Waals surface area contributed by atoms with E-state index in [1.165, 1.54) is 10.9 Å². The van der Waals surface area contributed by atoms with Gasteiger partial charge in [-0.05, 0) is 37.5 Å². The summed E-state index contributed by atoms with van der Waals surface area (Å²) in [6.07, 6.45) is 5.28. The van der Waals surface area contributed by atoms with Crippen LogP contribution in [0.15, 0.2) is 54.9 Å². The second kappa shape index (κ2) is 10.7. The maximum Gasteiger partial charge on any atom is 0.413 e. The SMILES string of the molecule is CC(OC(=O)Nc1c(C#N)cnn1-c1ccc(N2CCC(OC(=O)C3CC3)CC2)nc1)c1ccccc1. The van der Waals surface area contributed by atoms with Crippen molar-refractivity contribution in [1.29, 1.82) is 5.26 Å². The lowest BCUT2D eigenvalue weighted by molar-refractivity contribution is -0.151. The van der Waals surface area contributed by atoms with Gasteiger partial charge in [0.2, 0.25) is 0 Å². The molecular weight excluding hydrogens is 472 g/mol. The quantitative estimate of drug-likeness (QED) is 0.475. The number of pyridine rings is 1. The molecule has 1 aliphatic carbocycles. The van der Waals surface area contributed by atoms with Crippen LogP contribution >= 0.6 is 0 Å². The Hall–Kier alpha value is -4.39. The largest absolute Gasteiger partial charge is 0.462 e. The number of anilines is 2. The van der Waals surface area contributed by atoms with Gasteiger partial charge in [-0.3, -0.25) is 10.1 Å². The number of carbonyl (C=O) groups excluding carboxylic acids is 2. The van der Waals surface area contributed by atoms with Gasteiger partial charge in [-0.1, -0.05) is 30.3 Å². The number of benzene rings is 1. The van der Waals surface area contributed by atoms with Crippen LogP contribution in [0.25, 0.3) is 5.69 Å². The second-order valence-electron chi connectivity index (χ2n) is 9.29. The molecule has 0 radical (unpaired) electrons. The summed E-state index contributed by atoms with van der Waals surface area (Å²) >= 11 is 0. The van der Waals surface area contributed by atoms with Crippen LogP contribution < -0.4 is 10.2 Å². The minimum absolute atomic E-state index is 0.0323. The molecule has 5 rings (SSSR count). The fourth-order valence-corrected chi connectivity index (χ4v) is 4.30. The van der Waals surface area contributed by atoms with Gasteiger partial charge in [-0.25, -0.2) is 14.5 Å². The molecule has 2 aromatic heterocycles. The zero-order valence-electron chi connectivity index (χ0n) is 20.5. The number of piperidine rings is 1. The van der Waals surface area contributed by atoms with E-state index in [4.69, 9.17) is 9.47 Å². The number of amides is 1. The summed E-state index contributed by atoms with van der Waals surface area (Å²) in [6.45, 7) is 3.26. The second-order valence-corrected chi connectivity index (χ2v) is 9.29. The lowest BCUT2D eigenvalue weighted by Gasteiger charge is -2.32. The van der Waals surface area contributed by atoms with E-state index in [1.54, 1.807) is 13.1 Å². The summed E-state index contributed by atoms with van der Waals surface area (Å²) in [5.41, 5.74) is 1.65. The van der Waals surface area contributed by atoms with Crippen LogP contribution in [-0.4, -0.2) is 46.0 Å². The van der Waals surface area contributed by atoms with Crippen molar-refractivity contribution in [3.63, 3.8) is 0 Å². The number of rotatable bonds is 7. The summed E-state index contributed by atoms with van der Waals surface area (Å²) in [4.78, 5) is 31.3. The summed E-state index contributed by atoms with van der Waals surface area (Å²) in [5.74, 6) is 1.07. The lowest BCUT2D eigenvalue weighted by Crippen LogP contribution is -2.38. The number of carbonyl (C=O) groups is 2. The zero-order valence-corrected chi connectivity index (χ0v) is 20.5. The van der Waals surface area contributed by atoms with Gasteiger partial charge in [0, 0.05) is 25.9 Å². The number of ether oxygens (including phenoxy) is 2. The van der Waals surface area contributed by atoms with Gasteiger partial charge in [-0.15, -0.1) is 0 Å². The Labute approximate surface area is 214 Å². The first-order valence-corrected chi connectivity index (χ1v) is 12.4. The summed E-state index contributed by atoms with van der Waals surface area (Å²) in [6, 6.07) is 15.1. The molecule has 0 spiro atoms. The Morgan fingerprint density at radius 3 is 2.49 bits per heavy atom. The molecule has 1 aliphatic heterocycles. The number of nitrogens with one attached hydrogen (secondary N) is 1. The van der Waals surface area contributed by atoms with Gasteiger partial charge in [0.1, 0.15) is 29.7 Å². The van der Waals surface area contributed by atoms with Crippen molar-refractivity contribution in [2.24, 2.45) is 5.92 Å². The van der Waals surface area contributed by atoms with Crippen molar-refractivity contribution in [2.45, 2.75) is 44.8 Å². The Bertz CT molecular complexity index is 1290. The van der Waals surface area contributed by atoms with Crippen molar-refractivity contribution in [3.8, 4) is 11.8 Å². The van der Waals surface area contributed by atoms with Gasteiger partial charge in [0.15, 0.2) is 5.82 Å². The van der Waals surface area contributed by atoms with E-state index in [2.05, 4.69) is 20.3 Å². The highest BCUT2D eigenvalue weighted by atomic mass is 16.6. The predicted octanol–water partition coefficient (Wildman–Crippen LogP) is 4.37. The van der Waals surface area contributed by atoms with Crippen molar-refractivity contribution < 1.29 is 19.1 Å². The highest BCUT2D eigenvalue weighted by Crippen LogP contribution is 2.32. The molecule has 0 bridgehead atoms. The molecule has 10 heteroatoms. The highest BCUT2D eigenvalue weighted by molar-refractivity contribution is 5.86. The molecule has 2 aliphatic rings. The topological polar surface area (TPSA) is 122 Å². The molecule has 3 heterocycles. The first-order valence-electron chi connectivity index (χ1n) is 12.4. The molecule has 10 nitrogen and oxygen atoms in total. The molecule has 190 valence electrons. The van der Waals surface area contributed by atoms with Crippen molar-refractivity contribution in [2.75, 3.05) is 23.3 Å². The van der Waals surface area contributed by atoms with Crippen molar-refractivity contribution in [1.82, 2.24) is 14.8 Å². The van der Waals surface area contributed by atoms with E-state index >= 15 is 0 Å². The van der Waals surface area contributed by atoms with E-state index < -0.39 is 12.2 Å². The van der Waals surface area contributed by atoms with Gasteiger partial charge in [0.25, 0.3) is 0 Å². The van der Waals surface area contributed by atoms with Crippen LogP contribution in [0.2, 0.25) is 0 Å². The first kappa shape index (κ1) is 24.3. The molecule has 1 aromatic carbocycles. The average molecular weight is 501 g/mol. The number of hydrogen-bond donors (Lipinski definition) is 1. The molecule has 1 saturated carbocycles. The van der Waals surface area contributed by atoms with Crippen LogP contribution in [-0.2, 0) is 14.3 Å². The first-order chi connectivity index (χ1) is 18.0. The third-order valence-electron chi connectivity index (χ3n) is 6.60. The van der Waals surface area contributed by atoms with Crippen LogP contribution in [0.3, 0.4) is 0 Å². The fourth-order valence-electron chi connectivity index (χ4n) is 4.30. The molecule has 1 atom stereocenters. The van der Waals surface area contributed by atoms with E-state index in [-0.39, 0.29) is 29.4 Å². The van der Waals surface area contributed by atoms with E-state index in [1.807, 2.05) is 48.5 Å². The zero-order chi connectivity index (χ0) is 25.8. The molecule has 37 heavy (non-hydrogen) atoms. The minimum Gasteiger partial charge on any atom is -0.462 e. The molecule has 1 unspecified atom stereocenters. The molecular formula is C27H28N6O4. The fraction of sp³-hybridized carbons (Fsp3) is 0.370. The summed E-state index contributed by atoms with van der Waals surface area (Å²) in [5, 5.41) is 16.5. The van der Waals surface area contributed by atoms with Crippen molar-refractivity contribution in [3.05, 3.63) is 66.0 Å². The van der Waals surface area contributed by atoms with Crippen molar-refractivity contribution >= 4 is 23.7 Å². The van der Waals surface area contributed by atoms with E-state index in [0.29, 0.717) is 5.69 Å². The smallest absolute Gasteiger partial charge is 0.413 e. The van der Waals surface area contributed by atoms with Gasteiger partial charge in [0.05, 0.1) is 24.0 Å². The van der Waals surface area contributed by atoms with Gasteiger partial charge in [-0.2, -0.15) is 10.4 Å². The number of nitriles is 1. The Kier molecular flexibility index (Phi) is 7.03. The molecule has 1 saturated heterocycles. The van der Waals surface area contributed by atoms with Gasteiger partial charge >= 0.3 is 12.1 Å². The van der Waals surface area contributed by atoms with Crippen LogP contribution in [0.1, 0.15) is 49.8 Å². The Balaban J connectivity index is 1.22. The molecule has 3 aromatic rings. The molecule has 2 fully saturated rings. The number of esters is 1. The lowest BCUT2D eigenvalue weighted by atomic mass is 10.1. The number of hydrogen-bond acceptors (Lipinski definition) is 8. The maximum atomic E-state index is 12.6. The van der Waals surface area contributed by atoms with Gasteiger partial charge < -0.3 is 14.4 Å². The predicted molar refractivity (Wildman–Crippen MR) is 135 cm³/mol. The van der Waals surface area contributed by atoms with Crippen LogP contribution in [0, 0.1) is 17.2 Å². The third-order valence-corrected chi connectivity index (χ3v) is 6.60. The number of aromatic nitrogens is 3. The van der Waals surface area contributed by atoms with E-state index in [0.717, 1.165) is 50.2 Å². The highest BCUT2D eigenvalue weighted by Gasteiger charge is 2.34. The van der Waals surface area contributed by atoms with Crippen LogP contribution in [0.4, 0.5) is 16.4 Å². The standard InChI is InChI=1S/C27H28N6O4/c1-18(19-5-3-2-4-6-19)36-27(35)31-25-21(15-28)16-30-33(25)22-9-10-24(29-17-22)32-13-11-23(12-14-32)37-26(34)20-7-8-20/h2-6,9-10,16-18,20,23H,7-8,11-14H2,1H3,(H,31,35).